The Labute approximate surface area is 109 Å². The first-order valence-corrected chi connectivity index (χ1v) is 6.54. The van der Waals surface area contributed by atoms with E-state index in [2.05, 4.69) is 12.7 Å². The van der Waals surface area contributed by atoms with E-state index in [0.29, 0.717) is 0 Å². The van der Waals surface area contributed by atoms with E-state index >= 15 is 0 Å². The number of aliphatic hydroxyl groups is 2. The first kappa shape index (κ1) is 14.7. The molecule has 1 aromatic rings. The van der Waals surface area contributed by atoms with Crippen molar-refractivity contribution < 1.29 is 10.2 Å². The molecule has 0 bridgehead atoms. The summed E-state index contributed by atoms with van der Waals surface area (Å²) in [5, 5.41) is 18.5. The molecule has 18 heavy (non-hydrogen) atoms. The summed E-state index contributed by atoms with van der Waals surface area (Å²) in [6, 6.07) is 9.96. The van der Waals surface area contributed by atoms with Gasteiger partial charge in [-0.05, 0) is 30.1 Å². The molecule has 0 radical (unpaired) electrons. The Morgan fingerprint density at radius 2 is 1.89 bits per heavy atom. The summed E-state index contributed by atoms with van der Waals surface area (Å²) in [6.45, 7) is 2.09. The van der Waals surface area contributed by atoms with Gasteiger partial charge in [-0.25, -0.2) is 0 Å². The summed E-state index contributed by atoms with van der Waals surface area (Å²) < 4.78 is 0. The van der Waals surface area contributed by atoms with Crippen molar-refractivity contribution in [3.05, 3.63) is 47.2 Å². The minimum Gasteiger partial charge on any atom is -0.396 e. The molecule has 1 aromatic carbocycles. The fraction of sp³-hybridized carbons (Fsp3) is 0.438. The van der Waals surface area contributed by atoms with Gasteiger partial charge >= 0.3 is 0 Å². The predicted molar refractivity (Wildman–Crippen MR) is 75.1 cm³/mol. The second kappa shape index (κ2) is 8.71. The van der Waals surface area contributed by atoms with Crippen LogP contribution >= 0.6 is 0 Å². The molecule has 0 saturated heterocycles. The summed E-state index contributed by atoms with van der Waals surface area (Å²) in [5.74, 6) is -0.184. The van der Waals surface area contributed by atoms with E-state index in [1.807, 2.05) is 36.4 Å². The third-order valence-corrected chi connectivity index (χ3v) is 2.96. The SMILES string of the molecule is CCCCC(=C=Cc1ccccc1)C(CO)CO. The van der Waals surface area contributed by atoms with Crippen LogP contribution in [-0.2, 0) is 0 Å². The van der Waals surface area contributed by atoms with Gasteiger partial charge in [-0.2, -0.15) is 0 Å². The molecule has 0 spiro atoms. The van der Waals surface area contributed by atoms with Gasteiger partial charge < -0.3 is 10.2 Å². The van der Waals surface area contributed by atoms with Crippen molar-refractivity contribution in [2.45, 2.75) is 26.2 Å². The molecule has 0 unspecified atom stereocenters. The molecule has 2 heteroatoms. The number of hydrogen-bond donors (Lipinski definition) is 2. The van der Waals surface area contributed by atoms with E-state index in [1.54, 1.807) is 0 Å². The lowest BCUT2D eigenvalue weighted by molar-refractivity contribution is 0.169. The van der Waals surface area contributed by atoms with E-state index in [9.17, 15) is 10.2 Å². The van der Waals surface area contributed by atoms with Crippen molar-refractivity contribution in [3.8, 4) is 0 Å². The molecule has 0 amide bonds. The number of unbranched alkanes of at least 4 members (excludes halogenated alkanes) is 1. The molecule has 0 aliphatic heterocycles. The lowest BCUT2D eigenvalue weighted by atomic mass is 9.96. The van der Waals surface area contributed by atoms with Crippen LogP contribution in [0.4, 0.5) is 0 Å². The van der Waals surface area contributed by atoms with Gasteiger partial charge in [-0.1, -0.05) is 43.7 Å². The Balaban J connectivity index is 2.90. The van der Waals surface area contributed by atoms with Crippen molar-refractivity contribution in [1.82, 2.24) is 0 Å². The van der Waals surface area contributed by atoms with E-state index in [4.69, 9.17) is 0 Å². The predicted octanol–water partition coefficient (Wildman–Crippen LogP) is 3.02. The normalized spacial score (nSPS) is 10.2. The molecule has 0 fully saturated rings. The van der Waals surface area contributed by atoms with E-state index in [-0.39, 0.29) is 19.1 Å². The summed E-state index contributed by atoms with van der Waals surface area (Å²) >= 11 is 0. The highest BCUT2D eigenvalue weighted by Gasteiger charge is 2.11. The standard InChI is InChI=1S/C16H22O2/c1-2-3-9-15(16(12-17)13-18)11-10-14-7-5-4-6-8-14/h4-8,10,16-18H,2-3,9,12-13H2,1H3. The zero-order valence-corrected chi connectivity index (χ0v) is 11.0. The largest absolute Gasteiger partial charge is 0.396 e. The minimum atomic E-state index is -0.184. The monoisotopic (exact) mass is 246 g/mol. The van der Waals surface area contributed by atoms with Crippen LogP contribution < -0.4 is 0 Å². The molecule has 0 aliphatic rings. The summed E-state index contributed by atoms with van der Waals surface area (Å²) in [6.07, 6.45) is 4.95. The maximum atomic E-state index is 9.26. The summed E-state index contributed by atoms with van der Waals surface area (Å²) in [7, 11) is 0. The van der Waals surface area contributed by atoms with Gasteiger partial charge in [0.25, 0.3) is 0 Å². The topological polar surface area (TPSA) is 40.5 Å². The summed E-state index contributed by atoms with van der Waals surface area (Å²) in [4.78, 5) is 0. The minimum absolute atomic E-state index is 0.0226. The van der Waals surface area contributed by atoms with Gasteiger partial charge in [0.15, 0.2) is 0 Å². The van der Waals surface area contributed by atoms with Gasteiger partial charge in [0.2, 0.25) is 0 Å². The van der Waals surface area contributed by atoms with Crippen LogP contribution in [0.15, 0.2) is 41.6 Å². The Morgan fingerprint density at radius 3 is 2.44 bits per heavy atom. The molecular formula is C16H22O2. The second-order valence-electron chi connectivity index (χ2n) is 4.39. The zero-order valence-electron chi connectivity index (χ0n) is 11.0. The Kier molecular flexibility index (Phi) is 7.12. The fourth-order valence-electron chi connectivity index (χ4n) is 1.76. The van der Waals surface area contributed by atoms with Crippen LogP contribution in [0.3, 0.4) is 0 Å². The molecule has 0 aliphatic carbocycles. The number of aliphatic hydroxyl groups excluding tert-OH is 2. The van der Waals surface area contributed by atoms with Gasteiger partial charge in [-0.15, -0.1) is 5.73 Å². The smallest absolute Gasteiger partial charge is 0.0524 e. The van der Waals surface area contributed by atoms with E-state index in [1.165, 1.54) is 0 Å². The lowest BCUT2D eigenvalue weighted by Crippen LogP contribution is -2.13. The summed E-state index contributed by atoms with van der Waals surface area (Å²) in [5.41, 5.74) is 5.33. The Bertz CT molecular complexity index is 385. The van der Waals surface area contributed by atoms with Gasteiger partial charge in [0.1, 0.15) is 0 Å². The van der Waals surface area contributed by atoms with Gasteiger partial charge in [-0.3, -0.25) is 0 Å². The van der Waals surface area contributed by atoms with Crippen LogP contribution in [0.2, 0.25) is 0 Å². The van der Waals surface area contributed by atoms with Crippen molar-refractivity contribution in [1.29, 1.82) is 0 Å². The first-order valence-electron chi connectivity index (χ1n) is 6.54. The average Bonchev–Trinajstić information content (AvgIpc) is 2.43. The maximum absolute atomic E-state index is 9.26. The number of benzene rings is 1. The van der Waals surface area contributed by atoms with Crippen molar-refractivity contribution in [2.75, 3.05) is 13.2 Å². The Morgan fingerprint density at radius 1 is 1.22 bits per heavy atom. The Hall–Kier alpha value is -1.34. The molecule has 0 saturated carbocycles. The molecule has 0 aromatic heterocycles. The van der Waals surface area contributed by atoms with E-state index in [0.717, 1.165) is 30.4 Å². The highest BCUT2D eigenvalue weighted by atomic mass is 16.3. The second-order valence-corrected chi connectivity index (χ2v) is 4.39. The molecule has 2 nitrogen and oxygen atoms in total. The molecule has 98 valence electrons. The molecule has 0 heterocycles. The van der Waals surface area contributed by atoms with Gasteiger partial charge in [0.05, 0.1) is 13.2 Å². The molecular weight excluding hydrogens is 224 g/mol. The van der Waals surface area contributed by atoms with Crippen LogP contribution in [0, 0.1) is 5.92 Å². The molecule has 0 atom stereocenters. The van der Waals surface area contributed by atoms with Crippen LogP contribution in [-0.4, -0.2) is 23.4 Å². The first-order chi connectivity index (χ1) is 8.81. The average molecular weight is 246 g/mol. The maximum Gasteiger partial charge on any atom is 0.0524 e. The highest BCUT2D eigenvalue weighted by Crippen LogP contribution is 2.17. The number of rotatable bonds is 7. The third kappa shape index (κ3) is 4.89. The highest BCUT2D eigenvalue weighted by molar-refractivity contribution is 5.48. The van der Waals surface area contributed by atoms with Crippen molar-refractivity contribution in [2.24, 2.45) is 5.92 Å². The van der Waals surface area contributed by atoms with E-state index < -0.39 is 0 Å². The zero-order chi connectivity index (χ0) is 13.2. The van der Waals surface area contributed by atoms with Crippen LogP contribution in [0.1, 0.15) is 31.7 Å². The van der Waals surface area contributed by atoms with Gasteiger partial charge in [0, 0.05) is 5.92 Å². The van der Waals surface area contributed by atoms with Crippen molar-refractivity contribution >= 4 is 6.08 Å². The number of hydrogen-bond acceptors (Lipinski definition) is 2. The van der Waals surface area contributed by atoms with Crippen LogP contribution in [0.25, 0.3) is 6.08 Å². The van der Waals surface area contributed by atoms with Crippen LogP contribution in [0.5, 0.6) is 0 Å². The molecule has 2 N–H and O–H groups in total. The molecule has 1 rings (SSSR count). The third-order valence-electron chi connectivity index (χ3n) is 2.96. The lowest BCUT2D eigenvalue weighted by Gasteiger charge is -2.13. The quantitative estimate of drug-likeness (QED) is 0.726. The van der Waals surface area contributed by atoms with Crippen molar-refractivity contribution in [3.63, 3.8) is 0 Å². The fourth-order valence-corrected chi connectivity index (χ4v) is 1.76.